The number of ether oxygens (including phenoxy) is 1. The van der Waals surface area contributed by atoms with Crippen molar-refractivity contribution in [3.8, 4) is 0 Å². The predicted molar refractivity (Wildman–Crippen MR) is 52.8 cm³/mol. The third kappa shape index (κ3) is 1.97. The Kier molecular flexibility index (Phi) is 2.86. The fourth-order valence-electron chi connectivity index (χ4n) is 1.58. The molecule has 3 N–H and O–H groups in total. The maximum Gasteiger partial charge on any atom is 0.0579 e. The summed E-state index contributed by atoms with van der Waals surface area (Å²) in [6, 6.07) is 4.02. The minimum atomic E-state index is -0.0351. The van der Waals surface area contributed by atoms with Crippen molar-refractivity contribution in [1.29, 1.82) is 0 Å². The number of aromatic amines is 1. The van der Waals surface area contributed by atoms with E-state index in [1.54, 1.807) is 0 Å². The molecule has 0 saturated carbocycles. The first-order valence-electron chi connectivity index (χ1n) is 4.86. The van der Waals surface area contributed by atoms with E-state index >= 15 is 0 Å². The Morgan fingerprint density at radius 1 is 1.57 bits per heavy atom. The van der Waals surface area contributed by atoms with Gasteiger partial charge in [-0.25, -0.2) is 0 Å². The quantitative estimate of drug-likeness (QED) is 0.626. The molecule has 0 bridgehead atoms. The monoisotopic (exact) mass is 196 g/mol. The summed E-state index contributed by atoms with van der Waals surface area (Å²) < 4.78 is 5.11. The van der Waals surface area contributed by atoms with Crippen LogP contribution in [0.3, 0.4) is 0 Å². The van der Waals surface area contributed by atoms with Crippen LogP contribution in [0.1, 0.15) is 5.69 Å². The first-order chi connectivity index (χ1) is 6.85. The van der Waals surface area contributed by atoms with Crippen molar-refractivity contribution >= 4 is 0 Å². The molecule has 1 aromatic rings. The van der Waals surface area contributed by atoms with E-state index in [0.29, 0.717) is 13.2 Å². The van der Waals surface area contributed by atoms with E-state index in [4.69, 9.17) is 9.84 Å². The van der Waals surface area contributed by atoms with E-state index in [1.165, 1.54) is 5.69 Å². The van der Waals surface area contributed by atoms with E-state index < -0.39 is 0 Å². The molecule has 0 atom stereocenters. The summed E-state index contributed by atoms with van der Waals surface area (Å²) in [5.41, 5.74) is 1.13. The molecule has 1 aromatic heterocycles. The van der Waals surface area contributed by atoms with Crippen LogP contribution < -0.4 is 5.32 Å². The van der Waals surface area contributed by atoms with Crippen LogP contribution in [0.25, 0.3) is 0 Å². The van der Waals surface area contributed by atoms with E-state index in [2.05, 4.69) is 10.3 Å². The molecule has 1 saturated heterocycles. The van der Waals surface area contributed by atoms with Crippen LogP contribution in [0, 0.1) is 5.41 Å². The van der Waals surface area contributed by atoms with Gasteiger partial charge in [-0.05, 0) is 12.1 Å². The Morgan fingerprint density at radius 2 is 2.43 bits per heavy atom. The summed E-state index contributed by atoms with van der Waals surface area (Å²) in [5.74, 6) is 0. The molecule has 0 spiro atoms. The molecular formula is C10H16N2O2. The second-order valence-electron chi connectivity index (χ2n) is 3.95. The van der Waals surface area contributed by atoms with Crippen LogP contribution in [0.15, 0.2) is 18.3 Å². The zero-order chi connectivity index (χ0) is 9.86. The summed E-state index contributed by atoms with van der Waals surface area (Å²) >= 11 is 0. The van der Waals surface area contributed by atoms with Gasteiger partial charge in [0, 0.05) is 25.0 Å². The highest BCUT2D eigenvalue weighted by Crippen LogP contribution is 2.25. The molecular weight excluding hydrogens is 180 g/mol. The van der Waals surface area contributed by atoms with E-state index in [0.717, 1.165) is 13.1 Å². The summed E-state index contributed by atoms with van der Waals surface area (Å²) in [6.45, 7) is 3.16. The van der Waals surface area contributed by atoms with Gasteiger partial charge in [-0.3, -0.25) is 0 Å². The second kappa shape index (κ2) is 4.13. The third-order valence-corrected chi connectivity index (χ3v) is 2.63. The average molecular weight is 196 g/mol. The van der Waals surface area contributed by atoms with Gasteiger partial charge >= 0.3 is 0 Å². The first-order valence-corrected chi connectivity index (χ1v) is 4.86. The lowest BCUT2D eigenvalue weighted by Gasteiger charge is -2.39. The van der Waals surface area contributed by atoms with Crippen molar-refractivity contribution in [2.24, 2.45) is 5.41 Å². The van der Waals surface area contributed by atoms with Crippen LogP contribution in [0.2, 0.25) is 0 Å². The zero-order valence-electron chi connectivity index (χ0n) is 8.12. The minimum absolute atomic E-state index is 0.0351. The number of hydrogen-bond donors (Lipinski definition) is 3. The fraction of sp³-hybridized carbons (Fsp3) is 0.600. The van der Waals surface area contributed by atoms with Crippen LogP contribution in [0.4, 0.5) is 0 Å². The molecule has 0 unspecified atom stereocenters. The van der Waals surface area contributed by atoms with Gasteiger partial charge in [0.05, 0.1) is 25.2 Å². The molecule has 1 fully saturated rings. The molecule has 78 valence electrons. The van der Waals surface area contributed by atoms with E-state index in [1.807, 2.05) is 18.3 Å². The fourth-order valence-corrected chi connectivity index (χ4v) is 1.58. The third-order valence-electron chi connectivity index (χ3n) is 2.63. The van der Waals surface area contributed by atoms with E-state index in [-0.39, 0.29) is 12.0 Å². The average Bonchev–Trinajstić information content (AvgIpc) is 2.62. The van der Waals surface area contributed by atoms with Gasteiger partial charge in [-0.2, -0.15) is 0 Å². The molecule has 0 aromatic carbocycles. The summed E-state index contributed by atoms with van der Waals surface area (Å²) in [5, 5.41) is 12.5. The summed E-state index contributed by atoms with van der Waals surface area (Å²) in [7, 11) is 0. The van der Waals surface area contributed by atoms with Crippen molar-refractivity contribution in [2.45, 2.75) is 6.54 Å². The first kappa shape index (κ1) is 9.71. The lowest BCUT2D eigenvalue weighted by atomic mass is 9.87. The maximum atomic E-state index is 9.17. The number of aromatic nitrogens is 1. The van der Waals surface area contributed by atoms with Crippen LogP contribution in [-0.2, 0) is 11.3 Å². The van der Waals surface area contributed by atoms with Gasteiger partial charge in [-0.1, -0.05) is 0 Å². The highest BCUT2D eigenvalue weighted by Gasteiger charge is 2.37. The highest BCUT2D eigenvalue weighted by atomic mass is 16.5. The van der Waals surface area contributed by atoms with Gasteiger partial charge in [0.15, 0.2) is 0 Å². The van der Waals surface area contributed by atoms with Gasteiger partial charge in [-0.15, -0.1) is 0 Å². The Bertz CT molecular complexity index is 262. The van der Waals surface area contributed by atoms with Crippen LogP contribution >= 0.6 is 0 Å². The summed E-state index contributed by atoms with van der Waals surface area (Å²) in [6.07, 6.45) is 1.91. The number of aliphatic hydroxyl groups excluding tert-OH is 1. The number of rotatable bonds is 5. The van der Waals surface area contributed by atoms with Crippen molar-refractivity contribution in [3.63, 3.8) is 0 Å². The largest absolute Gasteiger partial charge is 0.396 e. The molecule has 4 heteroatoms. The topological polar surface area (TPSA) is 57.3 Å². The van der Waals surface area contributed by atoms with Gasteiger partial charge in [0.2, 0.25) is 0 Å². The van der Waals surface area contributed by atoms with Crippen molar-refractivity contribution in [1.82, 2.24) is 10.3 Å². The molecule has 0 aliphatic carbocycles. The maximum absolute atomic E-state index is 9.17. The standard InChI is InChI=1S/C10H16N2O2/c13-6-10(7-14-8-10)5-11-4-9-2-1-3-12-9/h1-3,11-13H,4-8H2. The lowest BCUT2D eigenvalue weighted by Crippen LogP contribution is -2.52. The SMILES string of the molecule is OCC1(CNCc2ccc[nH]2)COC1. The van der Waals surface area contributed by atoms with E-state index in [9.17, 15) is 0 Å². The Morgan fingerprint density at radius 3 is 2.93 bits per heavy atom. The summed E-state index contributed by atoms with van der Waals surface area (Å²) in [4.78, 5) is 3.12. The predicted octanol–water partition coefficient (Wildman–Crippen LogP) is 0.113. The number of aliphatic hydroxyl groups is 1. The normalized spacial score (nSPS) is 19.2. The van der Waals surface area contributed by atoms with Crippen LogP contribution in [0.5, 0.6) is 0 Å². The second-order valence-corrected chi connectivity index (χ2v) is 3.95. The highest BCUT2D eigenvalue weighted by molar-refractivity contribution is 5.03. The lowest BCUT2D eigenvalue weighted by molar-refractivity contribution is -0.134. The molecule has 0 amide bonds. The number of nitrogens with one attached hydrogen (secondary N) is 2. The van der Waals surface area contributed by atoms with Gasteiger partial charge < -0.3 is 20.1 Å². The molecule has 14 heavy (non-hydrogen) atoms. The van der Waals surface area contributed by atoms with Gasteiger partial charge in [0.25, 0.3) is 0 Å². The Balaban J connectivity index is 1.72. The minimum Gasteiger partial charge on any atom is -0.396 e. The molecule has 4 nitrogen and oxygen atoms in total. The van der Waals surface area contributed by atoms with Crippen LogP contribution in [-0.4, -0.2) is 36.5 Å². The molecule has 1 aliphatic rings. The molecule has 0 radical (unpaired) electrons. The zero-order valence-corrected chi connectivity index (χ0v) is 8.12. The molecule has 2 heterocycles. The molecule has 1 aliphatic heterocycles. The van der Waals surface area contributed by atoms with Crippen molar-refractivity contribution in [3.05, 3.63) is 24.0 Å². The number of hydrogen-bond acceptors (Lipinski definition) is 3. The van der Waals surface area contributed by atoms with Crippen molar-refractivity contribution in [2.75, 3.05) is 26.4 Å². The smallest absolute Gasteiger partial charge is 0.0579 e. The van der Waals surface area contributed by atoms with Gasteiger partial charge in [0.1, 0.15) is 0 Å². The Hall–Kier alpha value is -0.840. The molecule has 2 rings (SSSR count). The Labute approximate surface area is 83.3 Å². The number of H-pyrrole nitrogens is 1. The van der Waals surface area contributed by atoms with Crippen molar-refractivity contribution < 1.29 is 9.84 Å².